The van der Waals surface area contributed by atoms with E-state index in [-0.39, 0.29) is 30.9 Å². The molecule has 0 saturated carbocycles. The molecule has 156 valence electrons. The number of hydrogen-bond acceptors (Lipinski definition) is 5. The number of benzene rings is 2. The first kappa shape index (κ1) is 22.5. The fourth-order valence-corrected chi connectivity index (χ4v) is 3.02. The molecule has 0 saturated heterocycles. The van der Waals surface area contributed by atoms with Crippen molar-refractivity contribution in [3.63, 3.8) is 0 Å². The number of amides is 2. The average Bonchev–Trinajstić information content (AvgIpc) is 2.68. The van der Waals surface area contributed by atoms with Gasteiger partial charge in [0.2, 0.25) is 11.8 Å². The minimum atomic E-state index is -0.294. The summed E-state index contributed by atoms with van der Waals surface area (Å²) in [6, 6.07) is 12.1. The molecular formula is C21H26ClN3O4. The predicted octanol–water partition coefficient (Wildman–Crippen LogP) is 3.10. The number of likely N-dealkylation sites (N-methyl/N-ethyl adjacent to an activating group) is 1. The minimum absolute atomic E-state index is 0.0511. The summed E-state index contributed by atoms with van der Waals surface area (Å²) in [5.74, 6) is 0.868. The Morgan fingerprint density at radius 1 is 1.07 bits per heavy atom. The maximum Gasteiger partial charge on any atom is 0.238 e. The van der Waals surface area contributed by atoms with E-state index in [0.29, 0.717) is 22.2 Å². The van der Waals surface area contributed by atoms with Gasteiger partial charge >= 0.3 is 0 Å². The Balaban J connectivity index is 1.89. The second kappa shape index (κ2) is 10.7. The van der Waals surface area contributed by atoms with E-state index in [1.807, 2.05) is 13.0 Å². The summed E-state index contributed by atoms with van der Waals surface area (Å²) in [5.41, 5.74) is 1.34. The largest absolute Gasteiger partial charge is 0.497 e. The Morgan fingerprint density at radius 3 is 2.41 bits per heavy atom. The highest BCUT2D eigenvalue weighted by Gasteiger charge is 2.17. The standard InChI is InChI=1S/C21H26ClN3O4/c1-14(16-11-15(28-3)9-10-19(16)29-4)23-20(26)12-25(2)13-21(27)24-18-8-6-5-7-17(18)22/h5-11,14H,12-13H2,1-4H3,(H,23,26)(H,24,27)/t14-/m0/s1. The van der Waals surface area contributed by atoms with Gasteiger partial charge < -0.3 is 20.1 Å². The Morgan fingerprint density at radius 2 is 1.76 bits per heavy atom. The summed E-state index contributed by atoms with van der Waals surface area (Å²) >= 11 is 6.04. The summed E-state index contributed by atoms with van der Waals surface area (Å²) in [6.45, 7) is 1.97. The maximum atomic E-state index is 12.4. The van der Waals surface area contributed by atoms with Crippen molar-refractivity contribution in [3.8, 4) is 11.5 Å². The van der Waals surface area contributed by atoms with Crippen molar-refractivity contribution in [2.45, 2.75) is 13.0 Å². The molecule has 0 aliphatic heterocycles. The van der Waals surface area contributed by atoms with Crippen LogP contribution in [0.5, 0.6) is 11.5 Å². The second-order valence-corrected chi connectivity index (χ2v) is 7.00. The van der Waals surface area contributed by atoms with E-state index in [0.717, 1.165) is 5.56 Å². The van der Waals surface area contributed by atoms with Gasteiger partial charge in [-0.3, -0.25) is 14.5 Å². The van der Waals surface area contributed by atoms with Crippen LogP contribution in [0.2, 0.25) is 5.02 Å². The summed E-state index contributed by atoms with van der Waals surface area (Å²) < 4.78 is 10.6. The Hall–Kier alpha value is -2.77. The van der Waals surface area contributed by atoms with Gasteiger partial charge in [0.05, 0.1) is 44.1 Å². The number of carbonyl (C=O) groups is 2. The normalized spacial score (nSPS) is 11.7. The van der Waals surface area contributed by atoms with Gasteiger partial charge in [-0.05, 0) is 44.3 Å². The van der Waals surface area contributed by atoms with Crippen molar-refractivity contribution >= 4 is 29.1 Å². The van der Waals surface area contributed by atoms with Crippen molar-refractivity contribution in [1.82, 2.24) is 10.2 Å². The van der Waals surface area contributed by atoms with Gasteiger partial charge in [0.15, 0.2) is 0 Å². The number of nitrogens with one attached hydrogen (secondary N) is 2. The van der Waals surface area contributed by atoms with Gasteiger partial charge in [-0.2, -0.15) is 0 Å². The van der Waals surface area contributed by atoms with Crippen LogP contribution >= 0.6 is 11.6 Å². The van der Waals surface area contributed by atoms with Crippen molar-refractivity contribution in [2.24, 2.45) is 0 Å². The first-order valence-corrected chi connectivity index (χ1v) is 9.46. The van der Waals surface area contributed by atoms with Crippen LogP contribution in [0.4, 0.5) is 5.69 Å². The number of para-hydroxylation sites is 1. The van der Waals surface area contributed by atoms with Crippen LogP contribution in [-0.2, 0) is 9.59 Å². The van der Waals surface area contributed by atoms with Crippen LogP contribution < -0.4 is 20.1 Å². The highest BCUT2D eigenvalue weighted by atomic mass is 35.5. The summed E-state index contributed by atoms with van der Waals surface area (Å²) in [7, 11) is 4.85. The molecule has 2 amide bonds. The molecule has 2 N–H and O–H groups in total. The first-order chi connectivity index (χ1) is 13.8. The second-order valence-electron chi connectivity index (χ2n) is 6.60. The summed E-state index contributed by atoms with van der Waals surface area (Å²) in [5, 5.41) is 6.11. The van der Waals surface area contributed by atoms with E-state index >= 15 is 0 Å². The van der Waals surface area contributed by atoms with Crippen molar-refractivity contribution in [3.05, 3.63) is 53.1 Å². The monoisotopic (exact) mass is 419 g/mol. The molecule has 0 radical (unpaired) electrons. The zero-order valence-corrected chi connectivity index (χ0v) is 17.7. The van der Waals surface area contributed by atoms with E-state index in [2.05, 4.69) is 10.6 Å². The molecule has 8 heteroatoms. The van der Waals surface area contributed by atoms with Gasteiger partial charge in [0.25, 0.3) is 0 Å². The third-order valence-electron chi connectivity index (χ3n) is 4.26. The van der Waals surface area contributed by atoms with Gasteiger partial charge in [-0.15, -0.1) is 0 Å². The maximum absolute atomic E-state index is 12.4. The lowest BCUT2D eigenvalue weighted by Crippen LogP contribution is -2.39. The quantitative estimate of drug-likeness (QED) is 0.652. The molecule has 0 spiro atoms. The lowest BCUT2D eigenvalue weighted by molar-refractivity contribution is -0.123. The number of hydrogen-bond donors (Lipinski definition) is 2. The third kappa shape index (κ3) is 6.66. The fourth-order valence-electron chi connectivity index (χ4n) is 2.84. The van der Waals surface area contributed by atoms with Crippen LogP contribution in [0.15, 0.2) is 42.5 Å². The molecule has 2 aromatic rings. The van der Waals surface area contributed by atoms with Crippen LogP contribution in [-0.4, -0.2) is 51.1 Å². The number of ether oxygens (including phenoxy) is 2. The van der Waals surface area contributed by atoms with Crippen LogP contribution in [0.1, 0.15) is 18.5 Å². The molecule has 0 aliphatic rings. The van der Waals surface area contributed by atoms with E-state index in [1.165, 1.54) is 0 Å². The number of nitrogens with zero attached hydrogens (tertiary/aromatic N) is 1. The molecule has 0 bridgehead atoms. The zero-order chi connectivity index (χ0) is 21.4. The van der Waals surface area contributed by atoms with Crippen LogP contribution in [0.25, 0.3) is 0 Å². The molecule has 29 heavy (non-hydrogen) atoms. The summed E-state index contributed by atoms with van der Waals surface area (Å²) in [6.07, 6.45) is 0. The number of anilines is 1. The number of halogens is 1. The first-order valence-electron chi connectivity index (χ1n) is 9.08. The third-order valence-corrected chi connectivity index (χ3v) is 4.59. The molecule has 0 aromatic heterocycles. The molecular weight excluding hydrogens is 394 g/mol. The molecule has 0 fully saturated rings. The lowest BCUT2D eigenvalue weighted by atomic mass is 10.1. The van der Waals surface area contributed by atoms with E-state index in [4.69, 9.17) is 21.1 Å². The Bertz CT molecular complexity index is 860. The molecule has 2 rings (SSSR count). The van der Waals surface area contributed by atoms with Gasteiger partial charge in [-0.25, -0.2) is 0 Å². The van der Waals surface area contributed by atoms with Crippen molar-refractivity contribution in [1.29, 1.82) is 0 Å². The van der Waals surface area contributed by atoms with Crippen LogP contribution in [0.3, 0.4) is 0 Å². The predicted molar refractivity (Wildman–Crippen MR) is 114 cm³/mol. The SMILES string of the molecule is COc1ccc(OC)c([C@H](C)NC(=O)CN(C)CC(=O)Nc2ccccc2Cl)c1. The topological polar surface area (TPSA) is 79.9 Å². The molecule has 0 aliphatic carbocycles. The van der Waals surface area contributed by atoms with Crippen LogP contribution in [0, 0.1) is 0 Å². The van der Waals surface area contributed by atoms with Gasteiger partial charge in [0, 0.05) is 5.56 Å². The molecule has 1 atom stereocenters. The van der Waals surface area contributed by atoms with Gasteiger partial charge in [0.1, 0.15) is 11.5 Å². The lowest BCUT2D eigenvalue weighted by Gasteiger charge is -2.21. The summed E-state index contributed by atoms with van der Waals surface area (Å²) in [4.78, 5) is 26.2. The van der Waals surface area contributed by atoms with E-state index in [9.17, 15) is 9.59 Å². The molecule has 0 heterocycles. The highest BCUT2D eigenvalue weighted by molar-refractivity contribution is 6.33. The smallest absolute Gasteiger partial charge is 0.238 e. The number of rotatable bonds is 9. The average molecular weight is 420 g/mol. The Labute approximate surface area is 175 Å². The van der Waals surface area contributed by atoms with E-state index in [1.54, 1.807) is 62.6 Å². The minimum Gasteiger partial charge on any atom is -0.497 e. The fraction of sp³-hybridized carbons (Fsp3) is 0.333. The molecule has 2 aromatic carbocycles. The molecule has 7 nitrogen and oxygen atoms in total. The van der Waals surface area contributed by atoms with E-state index < -0.39 is 0 Å². The zero-order valence-electron chi connectivity index (χ0n) is 17.0. The van der Waals surface area contributed by atoms with Crippen molar-refractivity contribution < 1.29 is 19.1 Å². The highest BCUT2D eigenvalue weighted by Crippen LogP contribution is 2.29. The molecule has 0 unspecified atom stereocenters. The number of carbonyl (C=O) groups excluding carboxylic acids is 2. The van der Waals surface area contributed by atoms with Gasteiger partial charge in [-0.1, -0.05) is 23.7 Å². The van der Waals surface area contributed by atoms with Crippen molar-refractivity contribution in [2.75, 3.05) is 39.7 Å². The number of methoxy groups -OCH3 is 2. The Kier molecular flexibility index (Phi) is 8.30.